The first kappa shape index (κ1) is 18.6. The van der Waals surface area contributed by atoms with Crippen LogP contribution in [0.25, 0.3) is 33.1 Å². The van der Waals surface area contributed by atoms with Crippen molar-refractivity contribution in [1.82, 2.24) is 4.98 Å². The number of aromatic nitrogens is 1. The van der Waals surface area contributed by atoms with Gasteiger partial charge >= 0.3 is 5.63 Å². The van der Waals surface area contributed by atoms with Crippen LogP contribution in [-0.4, -0.2) is 10.9 Å². The van der Waals surface area contributed by atoms with Crippen LogP contribution in [-0.2, 0) is 0 Å². The Hall–Kier alpha value is -4.45. The van der Waals surface area contributed by atoms with Crippen molar-refractivity contribution in [2.75, 3.05) is 11.1 Å². The molecule has 0 bridgehead atoms. The first-order chi connectivity index (χ1) is 15.1. The van der Waals surface area contributed by atoms with E-state index in [0.29, 0.717) is 33.4 Å². The molecule has 31 heavy (non-hydrogen) atoms. The van der Waals surface area contributed by atoms with Crippen LogP contribution in [0, 0.1) is 0 Å². The molecule has 0 unspecified atom stereocenters. The summed E-state index contributed by atoms with van der Waals surface area (Å²) in [4.78, 5) is 29.8. The van der Waals surface area contributed by atoms with Gasteiger partial charge in [-0.1, -0.05) is 42.5 Å². The maximum atomic E-state index is 13.0. The number of anilines is 2. The van der Waals surface area contributed by atoms with Gasteiger partial charge in [-0.2, -0.15) is 0 Å². The molecule has 1 aromatic heterocycles. The third-order valence-electron chi connectivity index (χ3n) is 5.07. The van der Waals surface area contributed by atoms with Gasteiger partial charge in [-0.15, -0.1) is 0 Å². The second-order valence-electron chi connectivity index (χ2n) is 7.14. The number of para-hydroxylation sites is 1. The molecule has 0 aliphatic heterocycles. The van der Waals surface area contributed by atoms with Crippen molar-refractivity contribution in [3.05, 3.63) is 101 Å². The zero-order valence-corrected chi connectivity index (χ0v) is 16.3. The average Bonchev–Trinajstić information content (AvgIpc) is 2.79. The Morgan fingerprint density at radius 1 is 0.871 bits per heavy atom. The number of carbonyl (C=O) groups excluding carboxylic acids is 1. The van der Waals surface area contributed by atoms with Gasteiger partial charge in [0.05, 0.1) is 22.2 Å². The molecular weight excluding hydrogens is 390 g/mol. The smallest absolute Gasteiger partial charge is 0.347 e. The molecule has 4 aromatic carbocycles. The lowest BCUT2D eigenvalue weighted by molar-refractivity contribution is 0.102. The number of carbonyl (C=O) groups is 1. The summed E-state index contributed by atoms with van der Waals surface area (Å²) in [5.41, 5.74) is 7.80. The maximum Gasteiger partial charge on any atom is 0.347 e. The van der Waals surface area contributed by atoms with Crippen molar-refractivity contribution in [3.8, 4) is 11.5 Å². The summed E-state index contributed by atoms with van der Waals surface area (Å²) in [7, 11) is 0. The molecule has 5 aromatic rings. The second kappa shape index (κ2) is 7.42. The first-order valence-electron chi connectivity index (χ1n) is 9.68. The molecule has 0 atom stereocenters. The number of hydrogen-bond acceptors (Lipinski definition) is 5. The monoisotopic (exact) mass is 407 g/mol. The summed E-state index contributed by atoms with van der Waals surface area (Å²) in [6, 6.07) is 25.2. The van der Waals surface area contributed by atoms with Gasteiger partial charge in [0.15, 0.2) is 0 Å². The number of amides is 1. The molecule has 1 amide bonds. The van der Waals surface area contributed by atoms with Crippen LogP contribution in [0.3, 0.4) is 0 Å². The fraction of sp³-hybridized carbons (Fsp3) is 0. The SMILES string of the molecule is Nc1ccc(-c2nc3ccccc3c(=O)o2)c(NC(=O)c2ccc3ccccc3c2)c1. The molecule has 5 rings (SSSR count). The van der Waals surface area contributed by atoms with Crippen LogP contribution < -0.4 is 16.7 Å². The van der Waals surface area contributed by atoms with Crippen molar-refractivity contribution in [3.63, 3.8) is 0 Å². The van der Waals surface area contributed by atoms with Crippen LogP contribution in [0.5, 0.6) is 0 Å². The number of rotatable bonds is 3. The number of nitrogen functional groups attached to an aromatic ring is 1. The summed E-state index contributed by atoms with van der Waals surface area (Å²) in [5.74, 6) is -0.196. The lowest BCUT2D eigenvalue weighted by Crippen LogP contribution is -2.13. The Morgan fingerprint density at radius 2 is 1.65 bits per heavy atom. The molecule has 0 fully saturated rings. The van der Waals surface area contributed by atoms with E-state index in [9.17, 15) is 9.59 Å². The Labute approximate surface area is 177 Å². The third-order valence-corrected chi connectivity index (χ3v) is 5.07. The Kier molecular flexibility index (Phi) is 4.45. The van der Waals surface area contributed by atoms with E-state index >= 15 is 0 Å². The fourth-order valence-electron chi connectivity index (χ4n) is 3.51. The molecule has 0 radical (unpaired) electrons. The summed E-state index contributed by atoms with van der Waals surface area (Å²) in [5, 5.41) is 5.28. The van der Waals surface area contributed by atoms with E-state index in [1.54, 1.807) is 48.5 Å². The molecule has 0 aliphatic rings. The molecule has 0 aliphatic carbocycles. The van der Waals surface area contributed by atoms with E-state index in [0.717, 1.165) is 10.8 Å². The van der Waals surface area contributed by atoms with Crippen LogP contribution >= 0.6 is 0 Å². The van der Waals surface area contributed by atoms with E-state index in [4.69, 9.17) is 10.2 Å². The predicted molar refractivity (Wildman–Crippen MR) is 122 cm³/mol. The number of nitrogens with zero attached hydrogens (tertiary/aromatic N) is 1. The zero-order valence-electron chi connectivity index (χ0n) is 16.3. The number of nitrogens with two attached hydrogens (primary N) is 1. The van der Waals surface area contributed by atoms with E-state index in [1.165, 1.54) is 0 Å². The van der Waals surface area contributed by atoms with Gasteiger partial charge in [-0.3, -0.25) is 4.79 Å². The van der Waals surface area contributed by atoms with E-state index in [-0.39, 0.29) is 11.8 Å². The summed E-state index contributed by atoms with van der Waals surface area (Å²) < 4.78 is 5.44. The Balaban J connectivity index is 1.56. The largest absolute Gasteiger partial charge is 0.403 e. The number of fused-ring (bicyclic) bond motifs is 2. The Morgan fingerprint density at radius 3 is 2.52 bits per heavy atom. The standard InChI is InChI=1S/C25H17N3O3/c26-18-11-12-19(24-28-21-8-4-3-7-20(21)25(30)31-24)22(14-18)27-23(29)17-10-9-15-5-1-2-6-16(15)13-17/h1-14H,26H2,(H,27,29). The summed E-state index contributed by atoms with van der Waals surface area (Å²) in [6.45, 7) is 0. The van der Waals surface area contributed by atoms with Gasteiger partial charge < -0.3 is 15.5 Å². The van der Waals surface area contributed by atoms with Gasteiger partial charge in [0, 0.05) is 11.3 Å². The second-order valence-corrected chi connectivity index (χ2v) is 7.14. The molecule has 150 valence electrons. The number of hydrogen-bond donors (Lipinski definition) is 2. The average molecular weight is 407 g/mol. The fourth-order valence-corrected chi connectivity index (χ4v) is 3.51. The highest BCUT2D eigenvalue weighted by Crippen LogP contribution is 2.29. The van der Waals surface area contributed by atoms with Gasteiger partial charge in [-0.25, -0.2) is 9.78 Å². The number of nitrogens with one attached hydrogen (secondary N) is 1. The predicted octanol–water partition coefficient (Wildman–Crippen LogP) is 4.84. The minimum Gasteiger partial charge on any atom is -0.403 e. The number of benzene rings is 4. The van der Waals surface area contributed by atoms with Crippen molar-refractivity contribution >= 4 is 39.0 Å². The first-order valence-corrected chi connectivity index (χ1v) is 9.68. The van der Waals surface area contributed by atoms with Gasteiger partial charge in [-0.05, 0) is 53.2 Å². The van der Waals surface area contributed by atoms with Gasteiger partial charge in [0.1, 0.15) is 0 Å². The van der Waals surface area contributed by atoms with Crippen molar-refractivity contribution in [2.45, 2.75) is 0 Å². The molecular formula is C25H17N3O3. The van der Waals surface area contributed by atoms with Crippen LogP contribution in [0.4, 0.5) is 11.4 Å². The highest BCUT2D eigenvalue weighted by atomic mass is 16.4. The molecule has 6 nitrogen and oxygen atoms in total. The topological polar surface area (TPSA) is 98.2 Å². The van der Waals surface area contributed by atoms with E-state index in [2.05, 4.69) is 10.3 Å². The molecule has 3 N–H and O–H groups in total. The molecule has 1 heterocycles. The van der Waals surface area contributed by atoms with Crippen molar-refractivity contribution in [1.29, 1.82) is 0 Å². The van der Waals surface area contributed by atoms with E-state index in [1.807, 2.05) is 36.4 Å². The Bertz CT molecular complexity index is 1520. The summed E-state index contributed by atoms with van der Waals surface area (Å²) >= 11 is 0. The minimum atomic E-state index is -0.496. The highest BCUT2D eigenvalue weighted by Gasteiger charge is 2.16. The van der Waals surface area contributed by atoms with E-state index < -0.39 is 5.63 Å². The third kappa shape index (κ3) is 3.51. The minimum absolute atomic E-state index is 0.109. The molecule has 0 saturated heterocycles. The molecule has 0 saturated carbocycles. The summed E-state index contributed by atoms with van der Waals surface area (Å²) in [6.07, 6.45) is 0. The molecule has 6 heteroatoms. The normalized spacial score (nSPS) is 11.0. The van der Waals surface area contributed by atoms with Gasteiger partial charge in [0.2, 0.25) is 5.89 Å². The quantitative estimate of drug-likeness (QED) is 0.417. The maximum absolute atomic E-state index is 13.0. The van der Waals surface area contributed by atoms with Gasteiger partial charge in [0.25, 0.3) is 5.91 Å². The lowest BCUT2D eigenvalue weighted by atomic mass is 10.1. The molecule has 0 spiro atoms. The van der Waals surface area contributed by atoms with Crippen LogP contribution in [0.1, 0.15) is 10.4 Å². The highest BCUT2D eigenvalue weighted by molar-refractivity contribution is 6.08. The zero-order chi connectivity index (χ0) is 21.4. The van der Waals surface area contributed by atoms with Crippen molar-refractivity contribution in [2.24, 2.45) is 0 Å². The van der Waals surface area contributed by atoms with Crippen LogP contribution in [0.2, 0.25) is 0 Å². The van der Waals surface area contributed by atoms with Crippen molar-refractivity contribution < 1.29 is 9.21 Å². The lowest BCUT2D eigenvalue weighted by Gasteiger charge is -2.12. The van der Waals surface area contributed by atoms with Crippen LogP contribution in [0.15, 0.2) is 94.1 Å².